The second-order valence-electron chi connectivity index (χ2n) is 6.63. The number of benzene rings is 1. The number of halogens is 1. The molecule has 25 heavy (non-hydrogen) atoms. The normalized spacial score (nSPS) is 23.6. The number of fused-ring (bicyclic) bond motifs is 1. The number of carboxylic acids is 1. The van der Waals surface area contributed by atoms with Crippen LogP contribution in [-0.2, 0) is 9.59 Å². The summed E-state index contributed by atoms with van der Waals surface area (Å²) >= 11 is 6.45. The van der Waals surface area contributed by atoms with Crippen molar-refractivity contribution in [3.05, 3.63) is 22.7 Å². The maximum Gasteiger partial charge on any atom is 0.324 e. The molecule has 1 aliphatic carbocycles. The Morgan fingerprint density at radius 2 is 1.84 bits per heavy atom. The molecule has 1 amide bonds. The molecule has 2 heterocycles. The van der Waals surface area contributed by atoms with Gasteiger partial charge in [-0.15, -0.1) is 0 Å². The van der Waals surface area contributed by atoms with Gasteiger partial charge in [0.05, 0.1) is 16.4 Å². The summed E-state index contributed by atoms with van der Waals surface area (Å²) in [6, 6.07) is 3.26. The van der Waals surface area contributed by atoms with Gasteiger partial charge in [-0.25, -0.2) is 0 Å². The highest BCUT2D eigenvalue weighted by Gasteiger charge is 2.49. The number of aliphatic carboxylic acids is 1. The van der Waals surface area contributed by atoms with Gasteiger partial charge in [-0.2, -0.15) is 0 Å². The largest absolute Gasteiger partial charge is 0.480 e. The summed E-state index contributed by atoms with van der Waals surface area (Å²) in [6.07, 6.45) is 1.62. The van der Waals surface area contributed by atoms with E-state index in [1.54, 1.807) is 12.1 Å². The SMILES string of the molecule is O=C(O)C1C(=O)c2cc(N3CCNCC3)c(Cl)cc2N(C2CC2)C1=O. The Kier molecular flexibility index (Phi) is 3.92. The lowest BCUT2D eigenvalue weighted by Gasteiger charge is -2.35. The number of Topliss-reactive ketones (excluding diaryl/α,β-unsaturated/α-hetero) is 1. The summed E-state index contributed by atoms with van der Waals surface area (Å²) in [5.74, 6) is -4.37. The minimum atomic E-state index is -1.66. The minimum Gasteiger partial charge on any atom is -0.480 e. The fraction of sp³-hybridized carbons (Fsp3) is 0.471. The van der Waals surface area contributed by atoms with Gasteiger partial charge in [0, 0.05) is 37.8 Å². The molecule has 8 heteroatoms. The molecule has 1 aromatic carbocycles. The van der Waals surface area contributed by atoms with Crippen LogP contribution in [0, 0.1) is 5.92 Å². The van der Waals surface area contributed by atoms with Gasteiger partial charge in [-0.3, -0.25) is 14.4 Å². The molecule has 7 nitrogen and oxygen atoms in total. The lowest BCUT2D eigenvalue weighted by atomic mass is 9.89. The highest BCUT2D eigenvalue weighted by atomic mass is 35.5. The molecule has 2 aliphatic heterocycles. The fourth-order valence-electron chi connectivity index (χ4n) is 3.55. The van der Waals surface area contributed by atoms with Crippen LogP contribution in [0.5, 0.6) is 0 Å². The van der Waals surface area contributed by atoms with Crippen LogP contribution in [0.4, 0.5) is 11.4 Å². The van der Waals surface area contributed by atoms with Crippen LogP contribution in [0.2, 0.25) is 5.02 Å². The predicted molar refractivity (Wildman–Crippen MR) is 92.5 cm³/mol. The second-order valence-corrected chi connectivity index (χ2v) is 7.04. The summed E-state index contributed by atoms with van der Waals surface area (Å²) in [6.45, 7) is 3.12. The average Bonchev–Trinajstić information content (AvgIpc) is 3.40. The Morgan fingerprint density at radius 1 is 1.16 bits per heavy atom. The molecule has 2 fully saturated rings. The maximum atomic E-state index is 12.7. The van der Waals surface area contributed by atoms with Crippen molar-refractivity contribution in [2.24, 2.45) is 5.92 Å². The van der Waals surface area contributed by atoms with Gasteiger partial charge >= 0.3 is 5.97 Å². The van der Waals surface area contributed by atoms with Gasteiger partial charge in [0.25, 0.3) is 0 Å². The molecule has 3 aliphatic rings. The molecule has 1 unspecified atom stereocenters. The van der Waals surface area contributed by atoms with Gasteiger partial charge in [-0.05, 0) is 25.0 Å². The summed E-state index contributed by atoms with van der Waals surface area (Å²) in [5.41, 5.74) is 1.43. The number of rotatable bonds is 3. The van der Waals surface area contributed by atoms with E-state index in [1.165, 1.54) is 4.90 Å². The smallest absolute Gasteiger partial charge is 0.324 e. The van der Waals surface area contributed by atoms with Gasteiger partial charge < -0.3 is 20.2 Å². The summed E-state index contributed by atoms with van der Waals surface area (Å²) in [7, 11) is 0. The van der Waals surface area contributed by atoms with Crippen LogP contribution in [0.3, 0.4) is 0 Å². The number of nitrogens with zero attached hydrogens (tertiary/aromatic N) is 2. The molecule has 0 aromatic heterocycles. The molecule has 0 bridgehead atoms. The molecular formula is C17H18ClN3O4. The van der Waals surface area contributed by atoms with Crippen LogP contribution < -0.4 is 15.1 Å². The van der Waals surface area contributed by atoms with Crippen LogP contribution in [0.15, 0.2) is 12.1 Å². The lowest BCUT2D eigenvalue weighted by molar-refractivity contribution is -0.144. The summed E-state index contributed by atoms with van der Waals surface area (Å²) in [4.78, 5) is 40.3. The van der Waals surface area contributed by atoms with E-state index in [2.05, 4.69) is 10.2 Å². The van der Waals surface area contributed by atoms with E-state index in [1.807, 2.05) is 0 Å². The zero-order valence-corrected chi connectivity index (χ0v) is 14.3. The van der Waals surface area contributed by atoms with Crippen molar-refractivity contribution < 1.29 is 19.5 Å². The molecule has 0 radical (unpaired) electrons. The van der Waals surface area contributed by atoms with E-state index in [4.69, 9.17) is 11.6 Å². The van der Waals surface area contributed by atoms with Crippen molar-refractivity contribution in [1.82, 2.24) is 5.32 Å². The first-order valence-corrected chi connectivity index (χ1v) is 8.76. The summed E-state index contributed by atoms with van der Waals surface area (Å²) < 4.78 is 0. The number of carbonyl (C=O) groups is 3. The van der Waals surface area contributed by atoms with E-state index in [0.717, 1.165) is 39.0 Å². The van der Waals surface area contributed by atoms with Crippen molar-refractivity contribution in [3.63, 3.8) is 0 Å². The Labute approximate surface area is 149 Å². The fourth-order valence-corrected chi connectivity index (χ4v) is 3.83. The Bertz CT molecular complexity index is 771. The third-order valence-corrected chi connectivity index (χ3v) is 5.26. The Hall–Kier alpha value is -2.12. The summed E-state index contributed by atoms with van der Waals surface area (Å²) in [5, 5.41) is 13.1. The van der Waals surface area contributed by atoms with E-state index < -0.39 is 23.6 Å². The third kappa shape index (κ3) is 2.67. The average molecular weight is 364 g/mol. The first kappa shape index (κ1) is 16.4. The third-order valence-electron chi connectivity index (χ3n) is 4.95. The van der Waals surface area contributed by atoms with Crippen molar-refractivity contribution >= 4 is 40.6 Å². The zero-order chi connectivity index (χ0) is 17.7. The van der Waals surface area contributed by atoms with E-state index in [9.17, 15) is 19.5 Å². The number of carboxylic acid groups (broad SMARTS) is 1. The van der Waals surface area contributed by atoms with Gasteiger partial charge in [0.15, 0.2) is 11.7 Å². The Balaban J connectivity index is 1.82. The molecule has 1 saturated heterocycles. The van der Waals surface area contributed by atoms with E-state index >= 15 is 0 Å². The maximum absolute atomic E-state index is 12.7. The van der Waals surface area contributed by atoms with Crippen molar-refractivity contribution in [1.29, 1.82) is 0 Å². The molecule has 4 rings (SSSR count). The molecular weight excluding hydrogens is 346 g/mol. The van der Waals surface area contributed by atoms with Gasteiger partial charge in [0.2, 0.25) is 5.91 Å². The van der Waals surface area contributed by atoms with Crippen molar-refractivity contribution in [3.8, 4) is 0 Å². The molecule has 132 valence electrons. The highest BCUT2D eigenvalue weighted by molar-refractivity contribution is 6.36. The predicted octanol–water partition coefficient (Wildman–Crippen LogP) is 1.14. The number of nitrogens with one attached hydrogen (secondary N) is 1. The van der Waals surface area contributed by atoms with E-state index in [-0.39, 0.29) is 11.6 Å². The number of amides is 1. The molecule has 2 N–H and O–H groups in total. The molecule has 1 atom stereocenters. The number of carbonyl (C=O) groups excluding carboxylic acids is 2. The van der Waals surface area contributed by atoms with E-state index in [0.29, 0.717) is 16.4 Å². The number of anilines is 2. The first-order chi connectivity index (χ1) is 12.0. The molecule has 1 aromatic rings. The highest BCUT2D eigenvalue weighted by Crippen LogP contribution is 2.43. The quantitative estimate of drug-likeness (QED) is 0.783. The van der Waals surface area contributed by atoms with Crippen molar-refractivity contribution in [2.45, 2.75) is 18.9 Å². The van der Waals surface area contributed by atoms with Gasteiger partial charge in [0.1, 0.15) is 0 Å². The zero-order valence-electron chi connectivity index (χ0n) is 13.5. The number of piperazine rings is 1. The number of hydrogen-bond donors (Lipinski definition) is 2. The number of hydrogen-bond acceptors (Lipinski definition) is 5. The standard InChI is InChI=1S/C17H18ClN3O4/c18-11-8-12-10(7-13(11)20-5-3-19-4-6-20)15(22)14(17(24)25)16(23)21(12)9-1-2-9/h7-9,14,19H,1-6H2,(H,24,25). The van der Waals surface area contributed by atoms with Gasteiger partial charge in [-0.1, -0.05) is 11.6 Å². The first-order valence-electron chi connectivity index (χ1n) is 8.38. The second kappa shape index (κ2) is 6.00. The topological polar surface area (TPSA) is 89.9 Å². The van der Waals surface area contributed by atoms with Crippen molar-refractivity contribution in [2.75, 3.05) is 36.0 Å². The lowest BCUT2D eigenvalue weighted by Crippen LogP contribution is -2.49. The molecule has 0 spiro atoms. The van der Waals surface area contributed by atoms with Crippen LogP contribution >= 0.6 is 11.6 Å². The Morgan fingerprint density at radius 3 is 2.44 bits per heavy atom. The van der Waals surface area contributed by atoms with Crippen LogP contribution in [0.1, 0.15) is 23.2 Å². The van der Waals surface area contributed by atoms with Crippen LogP contribution in [-0.4, -0.2) is 55.0 Å². The number of ketones is 1. The monoisotopic (exact) mass is 363 g/mol. The minimum absolute atomic E-state index is 0.0395. The van der Waals surface area contributed by atoms with Crippen LogP contribution in [0.25, 0.3) is 0 Å². The molecule has 1 saturated carbocycles.